The molecule has 214 valence electrons. The van der Waals surface area contributed by atoms with Gasteiger partial charge in [0.25, 0.3) is 10.0 Å². The van der Waals surface area contributed by atoms with Crippen molar-refractivity contribution in [3.05, 3.63) is 89.4 Å². The Morgan fingerprint density at radius 2 is 1.60 bits per heavy atom. The molecule has 3 aromatic carbocycles. The van der Waals surface area contributed by atoms with Crippen molar-refractivity contribution in [3.8, 4) is 5.75 Å². The highest BCUT2D eigenvalue weighted by atomic mass is 35.5. The van der Waals surface area contributed by atoms with Crippen LogP contribution in [0.1, 0.15) is 39.2 Å². The molecule has 3 rings (SSSR count). The van der Waals surface area contributed by atoms with Crippen molar-refractivity contribution in [2.75, 3.05) is 24.0 Å². The maximum Gasteiger partial charge on any atom is 0.264 e. The molecular weight excluding hydrogens is 550 g/mol. The van der Waals surface area contributed by atoms with Crippen LogP contribution in [0, 0.1) is 0 Å². The summed E-state index contributed by atoms with van der Waals surface area (Å²) in [6.45, 7) is 5.94. The van der Waals surface area contributed by atoms with E-state index in [1.165, 1.54) is 17.0 Å². The lowest BCUT2D eigenvalue weighted by Crippen LogP contribution is -2.51. The molecule has 10 heteroatoms. The van der Waals surface area contributed by atoms with Gasteiger partial charge in [-0.3, -0.25) is 13.9 Å². The minimum atomic E-state index is -4.13. The summed E-state index contributed by atoms with van der Waals surface area (Å²) >= 11 is 6.40. The molecule has 0 saturated carbocycles. The van der Waals surface area contributed by atoms with E-state index < -0.39 is 28.5 Å². The van der Waals surface area contributed by atoms with Gasteiger partial charge in [-0.25, -0.2) is 8.42 Å². The summed E-state index contributed by atoms with van der Waals surface area (Å²) in [7, 11) is -4.13. The molecule has 40 heavy (non-hydrogen) atoms. The van der Waals surface area contributed by atoms with E-state index in [0.29, 0.717) is 35.2 Å². The number of nitrogens with one attached hydrogen (secondary N) is 1. The molecule has 8 nitrogen and oxygen atoms in total. The molecule has 0 aromatic heterocycles. The summed E-state index contributed by atoms with van der Waals surface area (Å²) in [5.41, 5.74) is 0.933. The monoisotopic (exact) mass is 585 g/mol. The number of anilines is 1. The third-order valence-electron chi connectivity index (χ3n) is 6.34. The van der Waals surface area contributed by atoms with Crippen LogP contribution < -0.4 is 14.4 Å². The molecule has 0 spiro atoms. The molecule has 3 aromatic rings. The maximum absolute atomic E-state index is 13.9. The number of unbranched alkanes of at least 4 members (excludes halogenated alkanes) is 1. The van der Waals surface area contributed by atoms with Crippen molar-refractivity contribution in [1.29, 1.82) is 0 Å². The highest BCUT2D eigenvalue weighted by Crippen LogP contribution is 2.27. The Bertz CT molecular complexity index is 1370. The number of ether oxygens (including phenoxy) is 1. The van der Waals surface area contributed by atoms with Crippen molar-refractivity contribution in [2.24, 2.45) is 0 Å². The summed E-state index contributed by atoms with van der Waals surface area (Å²) in [5.74, 6) is -0.300. The van der Waals surface area contributed by atoms with E-state index >= 15 is 0 Å². The largest absolute Gasteiger partial charge is 0.494 e. The number of sulfonamides is 1. The standard InChI is InChI=1S/C30H36ClN3O5S/c1-4-6-20-32-30(36)23(3)33(21-24-12-10-11-15-28(24)31)29(35)22-34(25-16-18-26(19-17-25)39-5-2)40(37,38)27-13-8-7-9-14-27/h7-19,23H,4-6,20-22H2,1-3H3,(H,32,36)/t23-/m1/s1. The molecule has 0 unspecified atom stereocenters. The van der Waals surface area contributed by atoms with Crippen molar-refractivity contribution in [3.63, 3.8) is 0 Å². The Labute approximate surface area is 241 Å². The molecule has 0 bridgehead atoms. The van der Waals surface area contributed by atoms with Gasteiger partial charge in [0.1, 0.15) is 18.3 Å². The lowest BCUT2D eigenvalue weighted by Gasteiger charge is -2.32. The van der Waals surface area contributed by atoms with Crippen LogP contribution in [-0.4, -0.2) is 50.9 Å². The van der Waals surface area contributed by atoms with Crippen LogP contribution in [0.4, 0.5) is 5.69 Å². The number of carbonyl (C=O) groups is 2. The lowest BCUT2D eigenvalue weighted by molar-refractivity contribution is -0.139. The molecule has 0 aliphatic heterocycles. The van der Waals surface area contributed by atoms with Crippen LogP contribution in [0.15, 0.2) is 83.8 Å². The van der Waals surface area contributed by atoms with Gasteiger partial charge in [-0.05, 0) is 68.3 Å². The minimum Gasteiger partial charge on any atom is -0.494 e. The lowest BCUT2D eigenvalue weighted by atomic mass is 10.1. The zero-order valence-corrected chi connectivity index (χ0v) is 24.6. The SMILES string of the molecule is CCCCNC(=O)[C@@H](C)N(Cc1ccccc1Cl)C(=O)CN(c1ccc(OCC)cc1)S(=O)(=O)c1ccccc1. The summed E-state index contributed by atoms with van der Waals surface area (Å²) < 4.78 is 34.2. The number of benzene rings is 3. The van der Waals surface area contributed by atoms with Gasteiger partial charge >= 0.3 is 0 Å². The fourth-order valence-electron chi connectivity index (χ4n) is 4.05. The maximum atomic E-state index is 13.9. The Balaban J connectivity index is 2.00. The Hall–Kier alpha value is -3.56. The van der Waals surface area contributed by atoms with Crippen LogP contribution in [0.3, 0.4) is 0 Å². The van der Waals surface area contributed by atoms with Gasteiger partial charge in [-0.2, -0.15) is 0 Å². The van der Waals surface area contributed by atoms with E-state index in [1.807, 2.05) is 13.8 Å². The molecule has 2 amide bonds. The fraction of sp³-hybridized carbons (Fsp3) is 0.333. The normalized spacial score (nSPS) is 11.9. The van der Waals surface area contributed by atoms with E-state index in [-0.39, 0.29) is 17.3 Å². The minimum absolute atomic E-state index is 0.0311. The van der Waals surface area contributed by atoms with Gasteiger partial charge in [0.2, 0.25) is 11.8 Å². The number of amides is 2. The van der Waals surface area contributed by atoms with Crippen LogP contribution in [0.2, 0.25) is 5.02 Å². The predicted octanol–water partition coefficient (Wildman–Crippen LogP) is 5.27. The number of hydrogen-bond acceptors (Lipinski definition) is 5. The zero-order valence-electron chi connectivity index (χ0n) is 23.0. The first kappa shape index (κ1) is 31.0. The number of halogens is 1. The zero-order chi connectivity index (χ0) is 29.1. The van der Waals surface area contributed by atoms with Crippen molar-refractivity contribution in [1.82, 2.24) is 10.2 Å². The Morgan fingerprint density at radius 1 is 0.950 bits per heavy atom. The molecule has 0 aliphatic rings. The van der Waals surface area contributed by atoms with E-state index in [9.17, 15) is 18.0 Å². The van der Waals surface area contributed by atoms with E-state index in [0.717, 1.165) is 17.1 Å². The second-order valence-electron chi connectivity index (χ2n) is 9.19. The highest BCUT2D eigenvalue weighted by molar-refractivity contribution is 7.92. The molecule has 0 heterocycles. The summed E-state index contributed by atoms with van der Waals surface area (Å²) in [4.78, 5) is 28.4. The molecule has 1 atom stereocenters. The Kier molecular flexibility index (Phi) is 11.4. The average molecular weight is 586 g/mol. The molecule has 0 radical (unpaired) electrons. The second-order valence-corrected chi connectivity index (χ2v) is 11.5. The van der Waals surface area contributed by atoms with Crippen LogP contribution in [0.25, 0.3) is 0 Å². The predicted molar refractivity (Wildman–Crippen MR) is 158 cm³/mol. The summed E-state index contributed by atoms with van der Waals surface area (Å²) in [6, 6.07) is 20.6. The van der Waals surface area contributed by atoms with Crippen LogP contribution in [-0.2, 0) is 26.2 Å². The van der Waals surface area contributed by atoms with Gasteiger partial charge in [0.15, 0.2) is 0 Å². The van der Waals surface area contributed by atoms with Crippen LogP contribution in [0.5, 0.6) is 5.75 Å². The molecule has 1 N–H and O–H groups in total. The van der Waals surface area contributed by atoms with Gasteiger partial charge < -0.3 is 15.0 Å². The highest BCUT2D eigenvalue weighted by Gasteiger charge is 2.32. The molecule has 0 aliphatic carbocycles. The number of nitrogens with zero attached hydrogens (tertiary/aromatic N) is 2. The van der Waals surface area contributed by atoms with E-state index in [2.05, 4.69) is 5.32 Å². The van der Waals surface area contributed by atoms with Crippen molar-refractivity contribution in [2.45, 2.75) is 51.1 Å². The average Bonchev–Trinajstić information content (AvgIpc) is 2.96. The van der Waals surface area contributed by atoms with Crippen molar-refractivity contribution < 1.29 is 22.7 Å². The third kappa shape index (κ3) is 7.99. The topological polar surface area (TPSA) is 96.0 Å². The first-order chi connectivity index (χ1) is 19.2. The van der Waals surface area contributed by atoms with Crippen LogP contribution >= 0.6 is 11.6 Å². The first-order valence-electron chi connectivity index (χ1n) is 13.3. The molecular formula is C30H36ClN3O5S. The summed E-state index contributed by atoms with van der Waals surface area (Å²) in [6.07, 6.45) is 1.71. The fourth-order valence-corrected chi connectivity index (χ4v) is 5.68. The number of hydrogen-bond donors (Lipinski definition) is 1. The number of rotatable bonds is 14. The second kappa shape index (κ2) is 14.7. The van der Waals surface area contributed by atoms with Gasteiger partial charge in [-0.1, -0.05) is 61.3 Å². The Morgan fingerprint density at radius 3 is 2.23 bits per heavy atom. The smallest absolute Gasteiger partial charge is 0.264 e. The van der Waals surface area contributed by atoms with Gasteiger partial charge in [0, 0.05) is 18.1 Å². The summed E-state index contributed by atoms with van der Waals surface area (Å²) in [5, 5.41) is 3.31. The first-order valence-corrected chi connectivity index (χ1v) is 15.1. The van der Waals surface area contributed by atoms with E-state index in [4.69, 9.17) is 16.3 Å². The quantitative estimate of drug-likeness (QED) is 0.260. The molecule has 0 fully saturated rings. The molecule has 0 saturated heterocycles. The third-order valence-corrected chi connectivity index (χ3v) is 8.50. The van der Waals surface area contributed by atoms with E-state index in [1.54, 1.807) is 73.7 Å². The van der Waals surface area contributed by atoms with Gasteiger partial charge in [0.05, 0.1) is 17.2 Å². The van der Waals surface area contributed by atoms with Gasteiger partial charge in [-0.15, -0.1) is 0 Å². The van der Waals surface area contributed by atoms with Crippen molar-refractivity contribution >= 4 is 39.1 Å². The number of carbonyl (C=O) groups excluding carboxylic acids is 2.